The summed E-state index contributed by atoms with van der Waals surface area (Å²) >= 11 is 5.68. The molecule has 38 heavy (non-hydrogen) atoms. The molecule has 0 saturated carbocycles. The van der Waals surface area contributed by atoms with Crippen LogP contribution in [0, 0.1) is 19.5 Å². The first kappa shape index (κ1) is 28.4. The predicted molar refractivity (Wildman–Crippen MR) is 164 cm³/mol. The van der Waals surface area contributed by atoms with E-state index >= 15 is 0 Å². The van der Waals surface area contributed by atoms with Crippen LogP contribution in [-0.4, -0.2) is 30.4 Å². The summed E-state index contributed by atoms with van der Waals surface area (Å²) in [6.07, 6.45) is 7.21. The normalized spacial score (nSPS) is 14.9. The van der Waals surface area contributed by atoms with Gasteiger partial charge >= 0.3 is 5.97 Å². The fourth-order valence-corrected chi connectivity index (χ4v) is 7.20. The van der Waals surface area contributed by atoms with Gasteiger partial charge in [-0.25, -0.2) is 9.79 Å². The van der Waals surface area contributed by atoms with E-state index in [1.807, 2.05) is 43.3 Å². The Morgan fingerprint density at radius 3 is 2.58 bits per heavy atom. The Kier molecular flexibility index (Phi) is 9.32. The number of halogens is 2. The summed E-state index contributed by atoms with van der Waals surface area (Å²) in [5, 5.41) is 0. The molecule has 196 valence electrons. The number of fused-ring (bicyclic) bond motifs is 1. The number of aromatic nitrogens is 1. The van der Waals surface area contributed by atoms with Crippen LogP contribution in [0.4, 0.5) is 0 Å². The molecule has 0 fully saturated rings. The smallest absolute Gasteiger partial charge is 0.338 e. The van der Waals surface area contributed by atoms with Gasteiger partial charge in [0, 0.05) is 9.13 Å². The van der Waals surface area contributed by atoms with Crippen molar-refractivity contribution < 1.29 is 19.0 Å². The highest BCUT2D eigenvalue weighted by molar-refractivity contribution is 14.1. The van der Waals surface area contributed by atoms with Crippen LogP contribution in [0.2, 0.25) is 0 Å². The number of hydrogen-bond donors (Lipinski definition) is 0. The minimum Gasteiger partial charge on any atom is -0.494 e. The number of esters is 1. The first-order valence-electron chi connectivity index (χ1n) is 11.8. The van der Waals surface area contributed by atoms with Gasteiger partial charge in [0.2, 0.25) is 0 Å². The van der Waals surface area contributed by atoms with Crippen LogP contribution in [0.5, 0.6) is 11.5 Å². The third-order valence-corrected chi connectivity index (χ3v) is 8.05. The number of benzene rings is 2. The molecule has 2 aromatic carbocycles. The van der Waals surface area contributed by atoms with Crippen LogP contribution in [0.3, 0.4) is 0 Å². The molecule has 2 heterocycles. The van der Waals surface area contributed by atoms with Gasteiger partial charge in [-0.1, -0.05) is 29.4 Å². The number of ether oxygens (including phenoxy) is 3. The molecule has 0 bridgehead atoms. The molecule has 10 heteroatoms. The lowest BCUT2D eigenvalue weighted by molar-refractivity contribution is -0.139. The molecule has 1 aliphatic heterocycles. The zero-order chi connectivity index (χ0) is 27.4. The van der Waals surface area contributed by atoms with Crippen LogP contribution in [0.15, 0.2) is 57.5 Å². The standard InChI is InChI=1S/C28H24I2N2O5S/c1-5-12-37-25-18(13-19(29)15-21(25)30)14-22-26(33)32-24(17-8-10-20(11-9-17)35-6-2)23(27(34)36-7-3)16(4)31-28(32)38-22/h1,8-11,13-15,24H,6-7,12H2,2-4H3/b22-14-/t24-/m0/s1. The van der Waals surface area contributed by atoms with Gasteiger partial charge in [0.1, 0.15) is 18.1 Å². The lowest BCUT2D eigenvalue weighted by Gasteiger charge is -2.24. The highest BCUT2D eigenvalue weighted by Crippen LogP contribution is 2.32. The number of thiazole rings is 1. The average molecular weight is 754 g/mol. The molecule has 7 nitrogen and oxygen atoms in total. The topological polar surface area (TPSA) is 79.1 Å². The van der Waals surface area contributed by atoms with Crippen molar-refractivity contribution in [2.24, 2.45) is 4.99 Å². The Balaban J connectivity index is 1.94. The highest BCUT2D eigenvalue weighted by Gasteiger charge is 2.33. The maximum Gasteiger partial charge on any atom is 0.338 e. The molecule has 3 aromatic rings. The zero-order valence-corrected chi connectivity index (χ0v) is 26.0. The number of nitrogens with zero attached hydrogens (tertiary/aromatic N) is 2. The van der Waals surface area contributed by atoms with E-state index in [0.717, 1.165) is 18.3 Å². The first-order chi connectivity index (χ1) is 18.3. The second kappa shape index (κ2) is 12.5. The zero-order valence-electron chi connectivity index (χ0n) is 20.9. The molecule has 4 rings (SSSR count). The fraction of sp³-hybridized carbons (Fsp3) is 0.250. The third-order valence-electron chi connectivity index (χ3n) is 5.65. The summed E-state index contributed by atoms with van der Waals surface area (Å²) in [7, 11) is 0. The lowest BCUT2D eigenvalue weighted by atomic mass is 9.96. The van der Waals surface area contributed by atoms with Gasteiger partial charge in [-0.2, -0.15) is 0 Å². The van der Waals surface area contributed by atoms with Crippen LogP contribution >= 0.6 is 56.5 Å². The molecule has 1 atom stereocenters. The molecule has 0 radical (unpaired) electrons. The van der Waals surface area contributed by atoms with E-state index in [2.05, 4.69) is 56.1 Å². The average Bonchev–Trinajstić information content (AvgIpc) is 3.17. The third kappa shape index (κ3) is 5.84. The summed E-state index contributed by atoms with van der Waals surface area (Å²) < 4.78 is 20.7. The Bertz CT molecular complexity index is 1630. The summed E-state index contributed by atoms with van der Waals surface area (Å²) in [6, 6.07) is 10.6. The number of carbonyl (C=O) groups excluding carboxylic acids is 1. The molecule has 0 unspecified atom stereocenters. The van der Waals surface area contributed by atoms with Crippen molar-refractivity contribution in [3.8, 4) is 23.8 Å². The van der Waals surface area contributed by atoms with Gasteiger partial charge in [0.15, 0.2) is 4.80 Å². The van der Waals surface area contributed by atoms with Gasteiger partial charge in [0.05, 0.1) is 38.6 Å². The Morgan fingerprint density at radius 1 is 1.18 bits per heavy atom. The number of carbonyl (C=O) groups is 1. The van der Waals surface area contributed by atoms with E-state index < -0.39 is 12.0 Å². The molecule has 0 amide bonds. The first-order valence-corrected chi connectivity index (χ1v) is 14.7. The van der Waals surface area contributed by atoms with Crippen molar-refractivity contribution in [2.75, 3.05) is 19.8 Å². The van der Waals surface area contributed by atoms with Crippen molar-refractivity contribution in [3.63, 3.8) is 0 Å². The second-order valence-electron chi connectivity index (χ2n) is 8.10. The highest BCUT2D eigenvalue weighted by atomic mass is 127. The minimum absolute atomic E-state index is 0.110. The van der Waals surface area contributed by atoms with Crippen molar-refractivity contribution >= 4 is 68.6 Å². The monoisotopic (exact) mass is 754 g/mol. The fourth-order valence-electron chi connectivity index (χ4n) is 4.11. The van der Waals surface area contributed by atoms with E-state index in [9.17, 15) is 9.59 Å². The SMILES string of the molecule is C#CCOc1c(I)cc(I)cc1/C=c1\sc2n(c1=O)[C@@H](c1ccc(OCC)cc1)C(C(=O)OCC)=C(C)N=2. The van der Waals surface area contributed by atoms with E-state index in [-0.39, 0.29) is 18.8 Å². The lowest BCUT2D eigenvalue weighted by Crippen LogP contribution is -2.39. The van der Waals surface area contributed by atoms with E-state index in [1.54, 1.807) is 24.5 Å². The van der Waals surface area contributed by atoms with Crippen LogP contribution < -0.4 is 24.4 Å². The maximum absolute atomic E-state index is 13.9. The van der Waals surface area contributed by atoms with E-state index in [1.165, 1.54) is 11.3 Å². The molecular weight excluding hydrogens is 730 g/mol. The summed E-state index contributed by atoms with van der Waals surface area (Å²) in [4.78, 5) is 32.1. The maximum atomic E-state index is 13.9. The Morgan fingerprint density at radius 2 is 1.92 bits per heavy atom. The van der Waals surface area contributed by atoms with Crippen molar-refractivity contribution in [2.45, 2.75) is 26.8 Å². The number of allylic oxidation sites excluding steroid dienone is 1. The van der Waals surface area contributed by atoms with E-state index in [4.69, 9.17) is 20.6 Å². The molecule has 1 aromatic heterocycles. The number of hydrogen-bond acceptors (Lipinski definition) is 7. The summed E-state index contributed by atoms with van der Waals surface area (Å²) in [5.41, 5.74) is 2.06. The number of rotatable bonds is 8. The van der Waals surface area contributed by atoms with E-state index in [0.29, 0.717) is 38.7 Å². The van der Waals surface area contributed by atoms with Crippen LogP contribution in [0.1, 0.15) is 37.9 Å². The minimum atomic E-state index is -0.698. The molecule has 0 saturated heterocycles. The van der Waals surface area contributed by atoms with Gasteiger partial charge in [-0.3, -0.25) is 9.36 Å². The van der Waals surface area contributed by atoms with Crippen molar-refractivity contribution in [3.05, 3.63) is 85.6 Å². The second-order valence-corrected chi connectivity index (χ2v) is 11.5. The summed E-state index contributed by atoms with van der Waals surface area (Å²) in [6.45, 7) is 6.27. The van der Waals surface area contributed by atoms with Gasteiger partial charge in [-0.15, -0.1) is 6.42 Å². The summed E-state index contributed by atoms with van der Waals surface area (Å²) in [5.74, 6) is 3.30. The van der Waals surface area contributed by atoms with Crippen LogP contribution in [0.25, 0.3) is 6.08 Å². The Hall–Kier alpha value is -2.63. The van der Waals surface area contributed by atoms with Gasteiger partial charge in [0.25, 0.3) is 5.56 Å². The van der Waals surface area contributed by atoms with Crippen molar-refractivity contribution in [1.82, 2.24) is 4.57 Å². The molecule has 1 aliphatic rings. The molecular formula is C28H24I2N2O5S. The van der Waals surface area contributed by atoms with Gasteiger partial charge < -0.3 is 14.2 Å². The molecule has 0 aliphatic carbocycles. The quantitative estimate of drug-likeness (QED) is 0.194. The number of terminal acetylenes is 1. The molecule has 0 N–H and O–H groups in total. The van der Waals surface area contributed by atoms with Crippen molar-refractivity contribution in [1.29, 1.82) is 0 Å². The Labute approximate surface area is 251 Å². The van der Waals surface area contributed by atoms with Gasteiger partial charge in [-0.05, 0) is 102 Å². The molecule has 0 spiro atoms. The van der Waals surface area contributed by atoms with Crippen LogP contribution in [-0.2, 0) is 9.53 Å². The largest absolute Gasteiger partial charge is 0.494 e. The predicted octanol–water partition coefficient (Wildman–Crippen LogP) is 4.42.